The molecule has 10 nitrogen and oxygen atoms in total. The number of amides is 2. The summed E-state index contributed by atoms with van der Waals surface area (Å²) in [4.78, 5) is 61.0. The monoisotopic (exact) mass is 514 g/mol. The number of para-hydroxylation sites is 1. The van der Waals surface area contributed by atoms with Gasteiger partial charge in [0.2, 0.25) is 5.91 Å². The number of benzene rings is 1. The third-order valence-electron chi connectivity index (χ3n) is 5.51. The molecule has 0 radical (unpaired) electrons. The summed E-state index contributed by atoms with van der Waals surface area (Å²) in [5, 5.41) is 0.761. The lowest BCUT2D eigenvalue weighted by Crippen LogP contribution is -2.47. The Morgan fingerprint density at radius 1 is 1.14 bits per heavy atom. The van der Waals surface area contributed by atoms with Crippen molar-refractivity contribution in [1.82, 2.24) is 19.4 Å². The van der Waals surface area contributed by atoms with Crippen molar-refractivity contribution in [3.05, 3.63) is 61.9 Å². The molecule has 0 spiro atoms. The minimum Gasteiger partial charge on any atom is -0.383 e. The second kappa shape index (κ2) is 10.9. The number of halogens is 1. The third kappa shape index (κ3) is 5.76. The molecule has 2 amide bonds. The quantitative estimate of drug-likeness (QED) is 0.444. The molecule has 3 N–H and O–H groups in total. The highest BCUT2D eigenvalue weighted by molar-refractivity contribution is 6.30. The van der Waals surface area contributed by atoms with Crippen LogP contribution in [0.15, 0.2) is 39.9 Å². The normalized spacial score (nSPS) is 11.3. The average molecular weight is 515 g/mol. The lowest BCUT2D eigenvalue weighted by atomic mass is 10.1. The SMILES string of the molecule is CC(C)CN(C(=O)CN(C)C(=O)c1cc(Cl)nc2ccccc12)c1c(N)n(CC(C)C)c(=O)[nH]c1=O. The summed E-state index contributed by atoms with van der Waals surface area (Å²) in [5.41, 5.74) is 5.62. The number of carbonyl (C=O) groups excluding carboxylic acids is 2. The smallest absolute Gasteiger partial charge is 0.330 e. The Morgan fingerprint density at radius 2 is 1.81 bits per heavy atom. The van der Waals surface area contributed by atoms with E-state index in [1.165, 1.54) is 27.5 Å². The number of nitrogen functional groups attached to an aromatic ring is 1. The van der Waals surface area contributed by atoms with E-state index in [1.807, 2.05) is 27.7 Å². The Labute approximate surface area is 213 Å². The fraction of sp³-hybridized carbons (Fsp3) is 0.400. The molecule has 11 heteroatoms. The summed E-state index contributed by atoms with van der Waals surface area (Å²) in [7, 11) is 1.49. The maximum atomic E-state index is 13.5. The first-order valence-electron chi connectivity index (χ1n) is 11.6. The number of H-pyrrole nitrogens is 1. The van der Waals surface area contributed by atoms with Gasteiger partial charge < -0.3 is 15.5 Å². The van der Waals surface area contributed by atoms with E-state index in [-0.39, 0.29) is 48.1 Å². The molecule has 0 aliphatic carbocycles. The number of rotatable bonds is 8. The molecule has 2 aromatic heterocycles. The Balaban J connectivity index is 1.98. The van der Waals surface area contributed by atoms with Crippen molar-refractivity contribution < 1.29 is 9.59 Å². The highest BCUT2D eigenvalue weighted by Gasteiger charge is 2.27. The first-order chi connectivity index (χ1) is 16.9. The molecule has 0 saturated carbocycles. The number of hydrogen-bond acceptors (Lipinski definition) is 6. The molecule has 2 heterocycles. The maximum Gasteiger partial charge on any atom is 0.330 e. The van der Waals surface area contributed by atoms with E-state index in [1.54, 1.807) is 24.3 Å². The molecule has 0 fully saturated rings. The zero-order chi connectivity index (χ0) is 26.7. The highest BCUT2D eigenvalue weighted by atomic mass is 35.5. The summed E-state index contributed by atoms with van der Waals surface area (Å²) in [6, 6.07) is 8.53. The van der Waals surface area contributed by atoms with Crippen molar-refractivity contribution in [3.63, 3.8) is 0 Å². The summed E-state index contributed by atoms with van der Waals surface area (Å²) in [6.45, 7) is 7.68. The van der Waals surface area contributed by atoms with Crippen LogP contribution in [0.1, 0.15) is 38.1 Å². The molecular formula is C25H31ClN6O4. The van der Waals surface area contributed by atoms with Crippen LogP contribution in [-0.2, 0) is 11.3 Å². The average Bonchev–Trinajstić information content (AvgIpc) is 2.79. The lowest BCUT2D eigenvalue weighted by molar-refractivity contribution is -0.119. The minimum atomic E-state index is -0.757. The zero-order valence-corrected chi connectivity index (χ0v) is 21.8. The van der Waals surface area contributed by atoms with Gasteiger partial charge in [0.15, 0.2) is 5.69 Å². The van der Waals surface area contributed by atoms with E-state index in [9.17, 15) is 19.2 Å². The number of fused-ring (bicyclic) bond motifs is 1. The number of nitrogens with two attached hydrogens (primary N) is 1. The zero-order valence-electron chi connectivity index (χ0n) is 21.0. The third-order valence-corrected chi connectivity index (χ3v) is 5.71. The van der Waals surface area contributed by atoms with Gasteiger partial charge in [0.1, 0.15) is 17.5 Å². The molecular weight excluding hydrogens is 484 g/mol. The van der Waals surface area contributed by atoms with Crippen molar-refractivity contribution >= 4 is 45.8 Å². The Morgan fingerprint density at radius 3 is 2.44 bits per heavy atom. The largest absolute Gasteiger partial charge is 0.383 e. The van der Waals surface area contributed by atoms with Crippen molar-refractivity contribution in [3.8, 4) is 0 Å². The predicted molar refractivity (Wildman–Crippen MR) is 141 cm³/mol. The van der Waals surface area contributed by atoms with Gasteiger partial charge >= 0.3 is 5.69 Å². The molecule has 192 valence electrons. The maximum absolute atomic E-state index is 13.5. The van der Waals surface area contributed by atoms with Crippen LogP contribution in [0, 0.1) is 11.8 Å². The fourth-order valence-electron chi connectivity index (χ4n) is 3.95. The van der Waals surface area contributed by atoms with Gasteiger partial charge in [-0.3, -0.25) is 23.9 Å². The van der Waals surface area contributed by atoms with Gasteiger partial charge in [0.05, 0.1) is 11.1 Å². The van der Waals surface area contributed by atoms with Crippen LogP contribution < -0.4 is 21.9 Å². The second-order valence-electron chi connectivity index (χ2n) is 9.57. The van der Waals surface area contributed by atoms with E-state index in [4.69, 9.17) is 17.3 Å². The summed E-state index contributed by atoms with van der Waals surface area (Å²) >= 11 is 6.13. The van der Waals surface area contributed by atoms with Crippen molar-refractivity contribution in [1.29, 1.82) is 0 Å². The van der Waals surface area contributed by atoms with E-state index in [0.29, 0.717) is 16.5 Å². The van der Waals surface area contributed by atoms with Gasteiger partial charge in [-0.25, -0.2) is 9.78 Å². The number of carbonyl (C=O) groups is 2. The first-order valence-corrected chi connectivity index (χ1v) is 12.0. The summed E-state index contributed by atoms with van der Waals surface area (Å²) in [5.74, 6) is -0.991. The van der Waals surface area contributed by atoms with Gasteiger partial charge in [-0.1, -0.05) is 57.5 Å². The van der Waals surface area contributed by atoms with Gasteiger partial charge in [0, 0.05) is 25.5 Å². The first kappa shape index (κ1) is 26.9. The highest BCUT2D eigenvalue weighted by Crippen LogP contribution is 2.23. The molecule has 36 heavy (non-hydrogen) atoms. The Hall–Kier alpha value is -3.66. The topological polar surface area (TPSA) is 134 Å². The molecule has 3 rings (SSSR count). The molecule has 0 aliphatic rings. The van der Waals surface area contributed by atoms with Crippen LogP contribution in [0.3, 0.4) is 0 Å². The van der Waals surface area contributed by atoms with Crippen LogP contribution in [0.2, 0.25) is 5.15 Å². The fourth-order valence-corrected chi connectivity index (χ4v) is 4.15. The molecule has 0 bridgehead atoms. The minimum absolute atomic E-state index is 0.0258. The van der Waals surface area contributed by atoms with Gasteiger partial charge in [-0.15, -0.1) is 0 Å². The van der Waals surface area contributed by atoms with Gasteiger partial charge in [-0.05, 0) is 24.0 Å². The molecule has 1 aromatic carbocycles. The number of nitrogens with one attached hydrogen (secondary N) is 1. The van der Waals surface area contributed by atoms with Crippen LogP contribution in [0.5, 0.6) is 0 Å². The lowest BCUT2D eigenvalue weighted by Gasteiger charge is -2.28. The number of nitrogens with zero attached hydrogens (tertiary/aromatic N) is 4. The van der Waals surface area contributed by atoms with E-state index in [0.717, 1.165) is 0 Å². The standard InChI is InChI=1S/C25H31ClN6O4/c1-14(2)11-31(21-22(27)32(12-15(3)4)25(36)29-23(21)34)20(33)13-30(5)24(35)17-10-19(26)28-18-9-7-6-8-16(17)18/h6-10,14-15H,11-13,27H2,1-5H3,(H,29,34,36). The Kier molecular flexibility index (Phi) is 8.19. The van der Waals surface area contributed by atoms with Crippen molar-refractivity contribution in [2.24, 2.45) is 11.8 Å². The van der Waals surface area contributed by atoms with Crippen molar-refractivity contribution in [2.45, 2.75) is 34.2 Å². The molecule has 3 aromatic rings. The molecule has 0 atom stereocenters. The number of hydrogen-bond donors (Lipinski definition) is 2. The number of likely N-dealkylation sites (N-methyl/N-ethyl adjacent to an activating group) is 1. The van der Waals surface area contributed by atoms with E-state index < -0.39 is 23.1 Å². The van der Waals surface area contributed by atoms with E-state index in [2.05, 4.69) is 9.97 Å². The van der Waals surface area contributed by atoms with E-state index >= 15 is 0 Å². The number of aromatic nitrogens is 3. The van der Waals surface area contributed by atoms with Crippen LogP contribution in [0.25, 0.3) is 10.9 Å². The predicted octanol–water partition coefficient (Wildman–Crippen LogP) is 2.74. The summed E-state index contributed by atoms with van der Waals surface area (Å²) < 4.78 is 1.25. The number of pyridine rings is 1. The van der Waals surface area contributed by atoms with Gasteiger partial charge in [0.25, 0.3) is 11.5 Å². The molecule has 0 aliphatic heterocycles. The Bertz CT molecular complexity index is 1410. The number of aromatic amines is 1. The van der Waals surface area contributed by atoms with Crippen LogP contribution in [-0.4, -0.2) is 51.4 Å². The number of anilines is 2. The van der Waals surface area contributed by atoms with Crippen LogP contribution in [0.4, 0.5) is 11.5 Å². The van der Waals surface area contributed by atoms with Crippen molar-refractivity contribution in [2.75, 3.05) is 30.8 Å². The van der Waals surface area contributed by atoms with Crippen LogP contribution >= 0.6 is 11.6 Å². The van der Waals surface area contributed by atoms with Gasteiger partial charge in [-0.2, -0.15) is 0 Å². The molecule has 0 unspecified atom stereocenters. The summed E-state index contributed by atoms with van der Waals surface area (Å²) in [6.07, 6.45) is 0. The molecule has 0 saturated heterocycles. The second-order valence-corrected chi connectivity index (χ2v) is 9.95.